The zero-order valence-corrected chi connectivity index (χ0v) is 35.9. The van der Waals surface area contributed by atoms with Crippen LogP contribution in [0.1, 0.15) is 143 Å². The van der Waals surface area contributed by atoms with Gasteiger partial charge in [-0.15, -0.1) is 0 Å². The minimum absolute atomic E-state index is 0.0134. The van der Waals surface area contributed by atoms with Crippen molar-refractivity contribution in [1.29, 1.82) is 0 Å². The summed E-state index contributed by atoms with van der Waals surface area (Å²) in [6.07, 6.45) is 6.30. The lowest BCUT2D eigenvalue weighted by Gasteiger charge is -2.33. The van der Waals surface area contributed by atoms with Gasteiger partial charge in [0.05, 0.1) is 5.69 Å². The van der Waals surface area contributed by atoms with Crippen LogP contribution >= 0.6 is 0 Å². The Hall–Kier alpha value is -4.69. The van der Waals surface area contributed by atoms with E-state index in [1.165, 1.54) is 72.4 Å². The van der Waals surface area contributed by atoms with Gasteiger partial charge in [-0.05, 0) is 132 Å². The Morgan fingerprint density at radius 2 is 1.00 bits per heavy atom. The molecule has 0 saturated carbocycles. The van der Waals surface area contributed by atoms with Gasteiger partial charge in [0.2, 0.25) is 0 Å². The van der Waals surface area contributed by atoms with Gasteiger partial charge >= 0.3 is 0 Å². The SMILES string of the molecule is CCC(C)(CC)c1ccc(-c2c(C(C)(C)C)cc(-c3ccccc3)cc2C(C)(C)C)cc1-c1nccn1-c1c(C(C)C)cc(-c2ccccc2)cc1C(C)C. The third-order valence-electron chi connectivity index (χ3n) is 12.0. The number of aromatic nitrogens is 2. The number of hydrogen-bond acceptors (Lipinski definition) is 1. The van der Waals surface area contributed by atoms with Crippen molar-refractivity contribution in [2.75, 3.05) is 0 Å². The second-order valence-corrected chi connectivity index (χ2v) is 18.6. The van der Waals surface area contributed by atoms with Crippen LogP contribution in [-0.4, -0.2) is 9.55 Å². The molecule has 0 atom stereocenters. The van der Waals surface area contributed by atoms with E-state index in [1.54, 1.807) is 0 Å². The fourth-order valence-corrected chi connectivity index (χ4v) is 8.29. The molecule has 0 radical (unpaired) electrons. The first kappa shape index (κ1) is 40.0. The molecule has 286 valence electrons. The number of hydrogen-bond donors (Lipinski definition) is 0. The normalized spacial score (nSPS) is 12.6. The van der Waals surface area contributed by atoms with Gasteiger partial charge in [-0.1, -0.05) is 163 Å². The summed E-state index contributed by atoms with van der Waals surface area (Å²) in [5.41, 5.74) is 16.7. The number of imidazole rings is 1. The average molecular weight is 729 g/mol. The van der Waals surface area contributed by atoms with E-state index in [9.17, 15) is 0 Å². The summed E-state index contributed by atoms with van der Waals surface area (Å²) in [5.74, 6) is 1.65. The van der Waals surface area contributed by atoms with E-state index in [1.807, 2.05) is 6.20 Å². The van der Waals surface area contributed by atoms with Crippen LogP contribution in [0, 0.1) is 0 Å². The molecule has 0 N–H and O–H groups in total. The van der Waals surface area contributed by atoms with Crippen LogP contribution in [-0.2, 0) is 16.2 Å². The molecular weight excluding hydrogens is 665 g/mol. The Kier molecular flexibility index (Phi) is 11.2. The van der Waals surface area contributed by atoms with Crippen LogP contribution in [0.3, 0.4) is 0 Å². The first-order valence-electron chi connectivity index (χ1n) is 20.6. The number of rotatable bonds is 10. The van der Waals surface area contributed by atoms with Crippen LogP contribution < -0.4 is 0 Å². The van der Waals surface area contributed by atoms with E-state index in [2.05, 4.69) is 204 Å². The van der Waals surface area contributed by atoms with Crippen molar-refractivity contribution in [2.45, 2.75) is 131 Å². The molecule has 5 aromatic carbocycles. The summed E-state index contributed by atoms with van der Waals surface area (Å²) < 4.78 is 2.42. The first-order chi connectivity index (χ1) is 26.0. The molecule has 6 aromatic rings. The minimum atomic E-state index is -0.0857. The van der Waals surface area contributed by atoms with Crippen molar-refractivity contribution >= 4 is 0 Å². The lowest BCUT2D eigenvalue weighted by molar-refractivity contribution is 0.440. The maximum Gasteiger partial charge on any atom is 0.144 e. The molecule has 1 heterocycles. The van der Waals surface area contributed by atoms with Crippen molar-refractivity contribution in [3.63, 3.8) is 0 Å². The topological polar surface area (TPSA) is 17.8 Å². The molecule has 0 aliphatic rings. The molecule has 0 aliphatic carbocycles. The van der Waals surface area contributed by atoms with Crippen molar-refractivity contribution < 1.29 is 0 Å². The lowest BCUT2D eigenvalue weighted by Crippen LogP contribution is -2.22. The van der Waals surface area contributed by atoms with Gasteiger partial charge in [0, 0.05) is 18.0 Å². The van der Waals surface area contributed by atoms with E-state index in [0.717, 1.165) is 18.7 Å². The summed E-state index contributed by atoms with van der Waals surface area (Å²) >= 11 is 0. The molecule has 6 rings (SSSR count). The number of nitrogens with zero attached hydrogens (tertiary/aromatic N) is 2. The second kappa shape index (κ2) is 15.4. The van der Waals surface area contributed by atoms with Crippen molar-refractivity contribution in [3.8, 4) is 50.5 Å². The monoisotopic (exact) mass is 729 g/mol. The third kappa shape index (κ3) is 7.88. The summed E-state index contributed by atoms with van der Waals surface area (Å²) in [5, 5.41) is 0. The van der Waals surface area contributed by atoms with Gasteiger partial charge in [-0.25, -0.2) is 4.98 Å². The predicted molar refractivity (Wildman–Crippen MR) is 239 cm³/mol. The van der Waals surface area contributed by atoms with Crippen LogP contribution in [0.15, 0.2) is 116 Å². The summed E-state index contributed by atoms with van der Waals surface area (Å²) in [7, 11) is 0. The highest BCUT2D eigenvalue weighted by molar-refractivity contribution is 5.83. The van der Waals surface area contributed by atoms with Gasteiger partial charge in [-0.2, -0.15) is 0 Å². The van der Waals surface area contributed by atoms with Crippen LogP contribution in [0.5, 0.6) is 0 Å². The molecule has 0 amide bonds. The molecule has 0 bridgehead atoms. The molecule has 0 fully saturated rings. The van der Waals surface area contributed by atoms with E-state index in [-0.39, 0.29) is 16.2 Å². The van der Waals surface area contributed by atoms with Gasteiger partial charge in [-0.3, -0.25) is 4.57 Å². The molecular formula is C53H64N2. The standard InChI is InChI=1S/C53H64N2/c1-14-53(13,15-2)45-27-26-39(48-46(51(7,8)9)33-41(34-47(48)52(10,11)12)38-24-20-17-21-25-38)30-44(45)50-54-28-29-55(50)49-42(35(3)4)31-40(32-43(49)36(5)6)37-22-18-16-19-23-37/h16-36H,14-15H2,1-13H3. The fourth-order valence-electron chi connectivity index (χ4n) is 8.29. The highest BCUT2D eigenvalue weighted by atomic mass is 15.1. The molecule has 2 nitrogen and oxygen atoms in total. The number of benzene rings is 5. The van der Waals surface area contributed by atoms with Crippen molar-refractivity contribution in [3.05, 3.63) is 143 Å². The quantitative estimate of drug-likeness (QED) is 0.137. The zero-order chi connectivity index (χ0) is 39.9. The smallest absolute Gasteiger partial charge is 0.144 e. The lowest BCUT2D eigenvalue weighted by atomic mass is 9.71. The van der Waals surface area contributed by atoms with Crippen molar-refractivity contribution in [1.82, 2.24) is 9.55 Å². The average Bonchev–Trinajstić information content (AvgIpc) is 3.66. The van der Waals surface area contributed by atoms with Gasteiger partial charge in [0.15, 0.2) is 0 Å². The van der Waals surface area contributed by atoms with Gasteiger partial charge < -0.3 is 0 Å². The molecule has 0 unspecified atom stereocenters. The maximum atomic E-state index is 5.28. The van der Waals surface area contributed by atoms with Gasteiger partial charge in [0.25, 0.3) is 0 Å². The Labute approximate surface area is 333 Å². The molecule has 55 heavy (non-hydrogen) atoms. The summed E-state index contributed by atoms with van der Waals surface area (Å²) in [4.78, 5) is 5.28. The molecule has 2 heteroatoms. The first-order valence-corrected chi connectivity index (χ1v) is 20.6. The van der Waals surface area contributed by atoms with E-state index < -0.39 is 0 Å². The van der Waals surface area contributed by atoms with Crippen molar-refractivity contribution in [2.24, 2.45) is 0 Å². The van der Waals surface area contributed by atoms with Crippen LogP contribution in [0.25, 0.3) is 50.5 Å². The Morgan fingerprint density at radius 3 is 1.44 bits per heavy atom. The van der Waals surface area contributed by atoms with Crippen LogP contribution in [0.2, 0.25) is 0 Å². The van der Waals surface area contributed by atoms with E-state index in [4.69, 9.17) is 4.98 Å². The second-order valence-electron chi connectivity index (χ2n) is 18.6. The molecule has 1 aromatic heterocycles. The van der Waals surface area contributed by atoms with Crippen LogP contribution in [0.4, 0.5) is 0 Å². The summed E-state index contributed by atoms with van der Waals surface area (Å²) in [6.45, 7) is 30.6. The minimum Gasteiger partial charge on any atom is -0.299 e. The fraction of sp³-hybridized carbons (Fsp3) is 0.377. The maximum absolute atomic E-state index is 5.28. The zero-order valence-electron chi connectivity index (χ0n) is 35.9. The Bertz CT molecular complexity index is 2180. The Morgan fingerprint density at radius 1 is 0.527 bits per heavy atom. The molecule has 0 spiro atoms. The third-order valence-corrected chi connectivity index (χ3v) is 12.0. The van der Waals surface area contributed by atoms with E-state index in [0.29, 0.717) is 11.8 Å². The summed E-state index contributed by atoms with van der Waals surface area (Å²) in [6, 6.07) is 38.8. The molecule has 0 saturated heterocycles. The largest absolute Gasteiger partial charge is 0.299 e. The Balaban J connectivity index is 1.69. The van der Waals surface area contributed by atoms with Gasteiger partial charge in [0.1, 0.15) is 5.82 Å². The molecule has 0 aliphatic heterocycles. The highest BCUT2D eigenvalue weighted by Gasteiger charge is 2.32. The predicted octanol–water partition coefficient (Wildman–Crippen LogP) is 15.5. The highest BCUT2D eigenvalue weighted by Crippen LogP contribution is 2.47. The van der Waals surface area contributed by atoms with E-state index >= 15 is 0 Å².